The summed E-state index contributed by atoms with van der Waals surface area (Å²) in [6, 6.07) is 11.3. The zero-order valence-electron chi connectivity index (χ0n) is 13.4. The standard InChI is InChI=1S/C18H15N5O2/c19-9-16(10-20)14(12-5-2-4-8-23-12)24-18-7-3-1-6-13(18)17(16,11-21)15(22)25-18/h2,4-5,8,13-14,22H,1,3,6-7H2/t13-,14-,17+,18+/m0/s1. The van der Waals surface area contributed by atoms with Gasteiger partial charge in [-0.05, 0) is 25.0 Å². The molecule has 1 aromatic heterocycles. The van der Waals surface area contributed by atoms with E-state index in [4.69, 9.17) is 14.9 Å². The van der Waals surface area contributed by atoms with Crippen LogP contribution in [0.5, 0.6) is 0 Å². The first-order chi connectivity index (χ1) is 12.1. The summed E-state index contributed by atoms with van der Waals surface area (Å²) in [6.07, 6.45) is 3.29. The molecule has 0 spiro atoms. The van der Waals surface area contributed by atoms with E-state index in [2.05, 4.69) is 11.1 Å². The van der Waals surface area contributed by atoms with Gasteiger partial charge >= 0.3 is 0 Å². The predicted molar refractivity (Wildman–Crippen MR) is 83.3 cm³/mol. The minimum Gasteiger partial charge on any atom is -0.447 e. The topological polar surface area (TPSA) is 127 Å². The van der Waals surface area contributed by atoms with Gasteiger partial charge in [0, 0.05) is 12.6 Å². The molecule has 4 atom stereocenters. The van der Waals surface area contributed by atoms with E-state index in [-0.39, 0.29) is 5.90 Å². The normalized spacial score (nSPS) is 37.7. The third kappa shape index (κ3) is 1.60. The molecule has 0 amide bonds. The molecule has 25 heavy (non-hydrogen) atoms. The van der Waals surface area contributed by atoms with E-state index < -0.39 is 28.6 Å². The second kappa shape index (κ2) is 5.02. The number of nitriles is 3. The van der Waals surface area contributed by atoms with Gasteiger partial charge in [0.25, 0.3) is 0 Å². The Hall–Kier alpha value is -2.95. The lowest BCUT2D eigenvalue weighted by Crippen LogP contribution is -2.60. The van der Waals surface area contributed by atoms with Crippen molar-refractivity contribution >= 4 is 5.90 Å². The Kier molecular flexibility index (Phi) is 3.13. The molecule has 0 radical (unpaired) electrons. The van der Waals surface area contributed by atoms with Crippen molar-refractivity contribution in [1.82, 2.24) is 4.98 Å². The van der Waals surface area contributed by atoms with Gasteiger partial charge in [-0.1, -0.05) is 12.5 Å². The first kappa shape index (κ1) is 15.6. The van der Waals surface area contributed by atoms with Crippen LogP contribution in [0.2, 0.25) is 0 Å². The highest BCUT2D eigenvalue weighted by Crippen LogP contribution is 2.69. The maximum Gasteiger partial charge on any atom is 0.217 e. The predicted octanol–water partition coefficient (Wildman–Crippen LogP) is 2.59. The molecule has 0 aromatic carbocycles. The molecule has 2 saturated heterocycles. The van der Waals surface area contributed by atoms with Gasteiger partial charge in [0.05, 0.1) is 29.8 Å². The maximum absolute atomic E-state index is 10.1. The van der Waals surface area contributed by atoms with E-state index in [1.165, 1.54) is 0 Å². The van der Waals surface area contributed by atoms with Gasteiger partial charge in [0.2, 0.25) is 17.1 Å². The van der Waals surface area contributed by atoms with Crippen LogP contribution in [-0.2, 0) is 9.47 Å². The number of nitrogens with one attached hydrogen (secondary N) is 1. The average Bonchev–Trinajstić information content (AvgIpc) is 2.87. The lowest BCUT2D eigenvalue weighted by atomic mass is 9.52. The molecule has 1 aliphatic carbocycles. The first-order valence-corrected chi connectivity index (χ1v) is 8.21. The van der Waals surface area contributed by atoms with Gasteiger partial charge in [0.15, 0.2) is 5.41 Å². The lowest BCUT2D eigenvalue weighted by molar-refractivity contribution is -0.295. The van der Waals surface area contributed by atoms with E-state index in [1.54, 1.807) is 24.4 Å². The van der Waals surface area contributed by atoms with Gasteiger partial charge in [-0.25, -0.2) is 0 Å². The fourth-order valence-electron chi connectivity index (χ4n) is 4.66. The summed E-state index contributed by atoms with van der Waals surface area (Å²) in [5.74, 6) is -1.97. The molecule has 7 heteroatoms. The summed E-state index contributed by atoms with van der Waals surface area (Å²) in [5, 5.41) is 38.5. The Balaban J connectivity index is 2.01. The maximum atomic E-state index is 10.1. The molecule has 4 rings (SSSR count). The van der Waals surface area contributed by atoms with E-state index in [0.717, 1.165) is 12.8 Å². The Morgan fingerprint density at radius 2 is 1.96 bits per heavy atom. The minimum absolute atomic E-state index is 0.330. The molecule has 2 aliphatic heterocycles. The van der Waals surface area contributed by atoms with Crippen molar-refractivity contribution < 1.29 is 9.47 Å². The van der Waals surface area contributed by atoms with Crippen molar-refractivity contribution in [2.24, 2.45) is 16.7 Å². The van der Waals surface area contributed by atoms with Crippen LogP contribution in [-0.4, -0.2) is 16.7 Å². The van der Waals surface area contributed by atoms with Gasteiger partial charge < -0.3 is 9.47 Å². The van der Waals surface area contributed by atoms with Crippen LogP contribution in [0.4, 0.5) is 0 Å². The van der Waals surface area contributed by atoms with E-state index in [0.29, 0.717) is 18.5 Å². The van der Waals surface area contributed by atoms with E-state index in [1.807, 2.05) is 12.1 Å². The van der Waals surface area contributed by atoms with E-state index >= 15 is 0 Å². The highest BCUT2D eigenvalue weighted by Gasteiger charge is 2.80. The monoisotopic (exact) mass is 333 g/mol. The van der Waals surface area contributed by atoms with Crippen molar-refractivity contribution in [3.63, 3.8) is 0 Å². The van der Waals surface area contributed by atoms with Crippen LogP contribution in [0.25, 0.3) is 0 Å². The second-order valence-electron chi connectivity index (χ2n) is 6.75. The Morgan fingerprint density at radius 3 is 2.60 bits per heavy atom. The Bertz CT molecular complexity index is 850. The van der Waals surface area contributed by atoms with Crippen LogP contribution in [0.15, 0.2) is 24.4 Å². The number of aromatic nitrogens is 1. The number of hydrogen-bond donors (Lipinski definition) is 1. The van der Waals surface area contributed by atoms with Crippen molar-refractivity contribution in [1.29, 1.82) is 21.2 Å². The molecule has 1 aromatic rings. The van der Waals surface area contributed by atoms with Crippen LogP contribution in [0.1, 0.15) is 37.5 Å². The molecular weight excluding hydrogens is 318 g/mol. The zero-order valence-corrected chi connectivity index (χ0v) is 13.4. The van der Waals surface area contributed by atoms with Crippen LogP contribution in [0.3, 0.4) is 0 Å². The molecule has 3 aliphatic rings. The molecule has 2 bridgehead atoms. The number of rotatable bonds is 1. The Morgan fingerprint density at radius 1 is 1.16 bits per heavy atom. The average molecular weight is 333 g/mol. The molecule has 124 valence electrons. The largest absolute Gasteiger partial charge is 0.447 e. The van der Waals surface area contributed by atoms with Gasteiger partial charge in [-0.2, -0.15) is 15.8 Å². The van der Waals surface area contributed by atoms with Crippen molar-refractivity contribution in [2.75, 3.05) is 0 Å². The van der Waals surface area contributed by atoms with Gasteiger partial charge in [0.1, 0.15) is 6.10 Å². The molecule has 7 nitrogen and oxygen atoms in total. The minimum atomic E-state index is -1.89. The summed E-state index contributed by atoms with van der Waals surface area (Å²) < 4.78 is 12.0. The number of hydrogen-bond acceptors (Lipinski definition) is 7. The summed E-state index contributed by atoms with van der Waals surface area (Å²) in [6.45, 7) is 0. The number of ether oxygens (including phenoxy) is 2. The smallest absolute Gasteiger partial charge is 0.217 e. The van der Waals surface area contributed by atoms with Crippen LogP contribution in [0, 0.1) is 56.2 Å². The molecule has 0 unspecified atom stereocenters. The first-order valence-electron chi connectivity index (χ1n) is 8.21. The fraction of sp³-hybridized carbons (Fsp3) is 0.500. The van der Waals surface area contributed by atoms with Gasteiger partial charge in [-0.15, -0.1) is 0 Å². The molecule has 3 fully saturated rings. The SMILES string of the molecule is N#CC1(C#N)[C@H](c2ccccn2)O[C@@]23CCCC[C@H]2[C@]1(C#N)C(=N)O3. The summed E-state index contributed by atoms with van der Waals surface area (Å²) in [7, 11) is 0. The van der Waals surface area contributed by atoms with Crippen molar-refractivity contribution in [3.8, 4) is 18.2 Å². The molecular formula is C18H15N5O2. The highest BCUT2D eigenvalue weighted by atomic mass is 16.7. The Labute approximate surface area is 144 Å². The zero-order chi connectivity index (χ0) is 17.7. The van der Waals surface area contributed by atoms with Crippen molar-refractivity contribution in [2.45, 2.75) is 37.6 Å². The van der Waals surface area contributed by atoms with Crippen LogP contribution >= 0.6 is 0 Å². The number of pyridine rings is 1. The van der Waals surface area contributed by atoms with Gasteiger partial charge in [-0.3, -0.25) is 10.4 Å². The summed E-state index contributed by atoms with van der Waals surface area (Å²) >= 11 is 0. The quantitative estimate of drug-likeness (QED) is 0.841. The molecule has 3 heterocycles. The third-order valence-electron chi connectivity index (χ3n) is 5.77. The summed E-state index contributed by atoms with van der Waals surface area (Å²) in [4.78, 5) is 4.25. The summed E-state index contributed by atoms with van der Waals surface area (Å²) in [5.41, 5.74) is -3.15. The number of nitrogens with zero attached hydrogens (tertiary/aromatic N) is 4. The highest BCUT2D eigenvalue weighted by molar-refractivity contribution is 5.89. The lowest BCUT2D eigenvalue weighted by Gasteiger charge is -2.51. The van der Waals surface area contributed by atoms with Crippen molar-refractivity contribution in [3.05, 3.63) is 30.1 Å². The third-order valence-corrected chi connectivity index (χ3v) is 5.77. The van der Waals surface area contributed by atoms with Crippen LogP contribution < -0.4 is 0 Å². The van der Waals surface area contributed by atoms with E-state index in [9.17, 15) is 15.8 Å². The second-order valence-corrected chi connectivity index (χ2v) is 6.75. The molecule has 1 saturated carbocycles. The fourth-order valence-corrected chi connectivity index (χ4v) is 4.66. The molecule has 1 N–H and O–H groups in total.